The molecule has 0 atom stereocenters. The van der Waals surface area contributed by atoms with Gasteiger partial charge in [0, 0.05) is 4.88 Å². The largest absolute Gasteiger partial charge is 0.481 e. The normalized spacial score (nSPS) is 19.0. The van der Waals surface area contributed by atoms with Crippen molar-refractivity contribution in [3.05, 3.63) is 22.4 Å². The Morgan fingerprint density at radius 3 is 2.83 bits per heavy atom. The zero-order chi connectivity index (χ0) is 8.60. The van der Waals surface area contributed by atoms with Crippen LogP contribution in [0.5, 0.6) is 0 Å². The summed E-state index contributed by atoms with van der Waals surface area (Å²) in [4.78, 5) is 12.0. The molecule has 1 aliphatic carbocycles. The number of hydrogen-bond acceptors (Lipinski definition) is 2. The van der Waals surface area contributed by atoms with Crippen molar-refractivity contribution < 1.29 is 9.90 Å². The highest BCUT2D eigenvalue weighted by molar-refractivity contribution is 7.09. The standard InChI is InChI=1S/C9H10O2S/c10-8(11)9(3-4-9)6-7-2-1-5-12-7/h1-2,5H,3-4,6H2,(H,10,11). The van der Waals surface area contributed by atoms with E-state index in [0.717, 1.165) is 19.3 Å². The topological polar surface area (TPSA) is 37.3 Å². The molecule has 2 nitrogen and oxygen atoms in total. The Hall–Kier alpha value is -0.830. The van der Waals surface area contributed by atoms with Crippen LogP contribution in [-0.4, -0.2) is 11.1 Å². The van der Waals surface area contributed by atoms with E-state index in [1.165, 1.54) is 4.88 Å². The SMILES string of the molecule is O=C(O)C1(Cc2cccs2)CC1. The van der Waals surface area contributed by atoms with Gasteiger partial charge in [0.15, 0.2) is 0 Å². The Morgan fingerprint density at radius 1 is 1.67 bits per heavy atom. The molecule has 1 N–H and O–H groups in total. The maximum atomic E-state index is 10.8. The van der Waals surface area contributed by atoms with E-state index < -0.39 is 11.4 Å². The van der Waals surface area contributed by atoms with Crippen molar-refractivity contribution in [1.82, 2.24) is 0 Å². The maximum Gasteiger partial charge on any atom is 0.309 e. The third-order valence-electron chi connectivity index (χ3n) is 2.40. The molecule has 0 amide bonds. The molecule has 0 unspecified atom stereocenters. The van der Waals surface area contributed by atoms with Gasteiger partial charge in [-0.3, -0.25) is 4.79 Å². The fourth-order valence-corrected chi connectivity index (χ4v) is 2.21. The molecule has 1 aliphatic rings. The Bertz CT molecular complexity index is 285. The molecule has 0 aromatic carbocycles. The summed E-state index contributed by atoms with van der Waals surface area (Å²) in [7, 11) is 0. The van der Waals surface area contributed by atoms with E-state index in [9.17, 15) is 4.79 Å². The zero-order valence-corrected chi connectivity index (χ0v) is 7.43. The van der Waals surface area contributed by atoms with Crippen molar-refractivity contribution in [2.24, 2.45) is 5.41 Å². The average Bonchev–Trinajstić information content (AvgIpc) is 2.60. The van der Waals surface area contributed by atoms with Crippen LogP contribution < -0.4 is 0 Å². The minimum atomic E-state index is -0.629. The van der Waals surface area contributed by atoms with E-state index in [1.807, 2.05) is 17.5 Å². The summed E-state index contributed by atoms with van der Waals surface area (Å²) in [6.45, 7) is 0. The predicted molar refractivity (Wildman–Crippen MR) is 47.3 cm³/mol. The Kier molecular flexibility index (Phi) is 1.68. The van der Waals surface area contributed by atoms with Crippen molar-refractivity contribution in [3.63, 3.8) is 0 Å². The molecule has 1 heterocycles. The fourth-order valence-electron chi connectivity index (χ4n) is 1.36. The van der Waals surface area contributed by atoms with Gasteiger partial charge in [-0.15, -0.1) is 11.3 Å². The first-order valence-corrected chi connectivity index (χ1v) is 4.87. The van der Waals surface area contributed by atoms with Crippen LogP contribution in [0.1, 0.15) is 17.7 Å². The van der Waals surface area contributed by atoms with Crippen LogP contribution in [0.3, 0.4) is 0 Å². The fraction of sp³-hybridized carbons (Fsp3) is 0.444. The van der Waals surface area contributed by atoms with E-state index >= 15 is 0 Å². The highest BCUT2D eigenvalue weighted by Crippen LogP contribution is 2.49. The van der Waals surface area contributed by atoms with Crippen molar-refractivity contribution in [2.45, 2.75) is 19.3 Å². The van der Waals surface area contributed by atoms with Gasteiger partial charge in [0.25, 0.3) is 0 Å². The van der Waals surface area contributed by atoms with Gasteiger partial charge in [0.2, 0.25) is 0 Å². The molecular weight excluding hydrogens is 172 g/mol. The van der Waals surface area contributed by atoms with Crippen molar-refractivity contribution in [3.8, 4) is 0 Å². The number of thiophene rings is 1. The molecule has 0 saturated heterocycles. The van der Waals surface area contributed by atoms with Crippen LogP contribution in [0.2, 0.25) is 0 Å². The number of hydrogen-bond donors (Lipinski definition) is 1. The molecule has 0 radical (unpaired) electrons. The van der Waals surface area contributed by atoms with E-state index in [0.29, 0.717) is 0 Å². The van der Waals surface area contributed by atoms with E-state index in [-0.39, 0.29) is 0 Å². The van der Waals surface area contributed by atoms with Crippen LogP contribution in [0, 0.1) is 5.41 Å². The van der Waals surface area contributed by atoms with Gasteiger partial charge in [0.1, 0.15) is 0 Å². The molecule has 1 saturated carbocycles. The summed E-state index contributed by atoms with van der Waals surface area (Å²) in [6.07, 6.45) is 2.42. The van der Waals surface area contributed by atoms with E-state index in [4.69, 9.17) is 5.11 Å². The Morgan fingerprint density at radius 2 is 2.42 bits per heavy atom. The summed E-state index contributed by atoms with van der Waals surface area (Å²) in [5, 5.41) is 10.9. The van der Waals surface area contributed by atoms with Crippen molar-refractivity contribution >= 4 is 17.3 Å². The van der Waals surface area contributed by atoms with Crippen LogP contribution in [0.15, 0.2) is 17.5 Å². The van der Waals surface area contributed by atoms with Gasteiger partial charge in [-0.2, -0.15) is 0 Å². The quantitative estimate of drug-likeness (QED) is 0.777. The van der Waals surface area contributed by atoms with Gasteiger partial charge in [-0.1, -0.05) is 6.07 Å². The van der Waals surface area contributed by atoms with Crippen molar-refractivity contribution in [2.75, 3.05) is 0 Å². The maximum absolute atomic E-state index is 10.8. The summed E-state index contributed by atoms with van der Waals surface area (Å²) < 4.78 is 0. The molecule has 1 aromatic rings. The molecule has 0 bridgehead atoms. The first kappa shape index (κ1) is 7.80. The second kappa shape index (κ2) is 2.59. The second-order valence-electron chi connectivity index (χ2n) is 3.34. The smallest absolute Gasteiger partial charge is 0.309 e. The summed E-state index contributed by atoms with van der Waals surface area (Å²) in [5.74, 6) is -0.629. The lowest BCUT2D eigenvalue weighted by Gasteiger charge is -2.06. The Balaban J connectivity index is 2.09. The van der Waals surface area contributed by atoms with Crippen LogP contribution in [-0.2, 0) is 11.2 Å². The van der Waals surface area contributed by atoms with Gasteiger partial charge < -0.3 is 5.11 Å². The molecule has 0 aliphatic heterocycles. The monoisotopic (exact) mass is 182 g/mol. The van der Waals surface area contributed by atoms with Gasteiger partial charge in [-0.25, -0.2) is 0 Å². The van der Waals surface area contributed by atoms with Crippen LogP contribution >= 0.6 is 11.3 Å². The number of carbonyl (C=O) groups is 1. The third kappa shape index (κ3) is 1.25. The van der Waals surface area contributed by atoms with Gasteiger partial charge in [0.05, 0.1) is 5.41 Å². The molecule has 1 fully saturated rings. The summed E-state index contributed by atoms with van der Waals surface area (Å²) in [5.41, 5.74) is -0.398. The molecule has 12 heavy (non-hydrogen) atoms. The van der Waals surface area contributed by atoms with E-state index in [2.05, 4.69) is 0 Å². The number of aliphatic carboxylic acids is 1. The molecule has 0 spiro atoms. The number of carboxylic acid groups (broad SMARTS) is 1. The highest BCUT2D eigenvalue weighted by Gasteiger charge is 2.50. The van der Waals surface area contributed by atoms with Crippen LogP contribution in [0.4, 0.5) is 0 Å². The van der Waals surface area contributed by atoms with E-state index in [1.54, 1.807) is 11.3 Å². The van der Waals surface area contributed by atoms with Gasteiger partial charge >= 0.3 is 5.97 Å². The van der Waals surface area contributed by atoms with Crippen molar-refractivity contribution in [1.29, 1.82) is 0 Å². The molecule has 1 aromatic heterocycles. The summed E-state index contributed by atoms with van der Waals surface area (Å²) >= 11 is 1.64. The van der Waals surface area contributed by atoms with Crippen LogP contribution in [0.25, 0.3) is 0 Å². The molecular formula is C9H10O2S. The molecule has 3 heteroatoms. The lowest BCUT2D eigenvalue weighted by atomic mass is 10.0. The minimum absolute atomic E-state index is 0.398. The lowest BCUT2D eigenvalue weighted by molar-refractivity contribution is -0.143. The minimum Gasteiger partial charge on any atom is -0.481 e. The number of carboxylic acids is 1. The number of rotatable bonds is 3. The Labute approximate surface area is 74.8 Å². The summed E-state index contributed by atoms with van der Waals surface area (Å²) in [6, 6.07) is 3.98. The lowest BCUT2D eigenvalue weighted by Crippen LogP contribution is -2.16. The molecule has 2 rings (SSSR count). The zero-order valence-electron chi connectivity index (χ0n) is 6.62. The predicted octanol–water partition coefficient (Wildman–Crippen LogP) is 2.16. The van der Waals surface area contributed by atoms with Gasteiger partial charge in [-0.05, 0) is 30.7 Å². The third-order valence-corrected chi connectivity index (χ3v) is 3.28. The molecule has 64 valence electrons. The first-order valence-electron chi connectivity index (χ1n) is 3.99. The highest BCUT2D eigenvalue weighted by atomic mass is 32.1. The average molecular weight is 182 g/mol. The second-order valence-corrected chi connectivity index (χ2v) is 4.37. The first-order chi connectivity index (χ1) is 5.73.